The number of ketones is 1. The number of aliphatic hydroxyl groups is 1. The van der Waals surface area contributed by atoms with E-state index in [1.54, 1.807) is 24.4 Å². The molecule has 9 nitrogen and oxygen atoms in total. The predicted octanol–water partition coefficient (Wildman–Crippen LogP) is 3.60. The molecule has 4 rings (SSSR count). The maximum absolute atomic E-state index is 13.1. The van der Waals surface area contributed by atoms with Crippen LogP contribution in [0.25, 0.3) is 0 Å². The van der Waals surface area contributed by atoms with E-state index in [4.69, 9.17) is 0 Å². The fraction of sp³-hybridized carbons (Fsp3) is 0.111. The van der Waals surface area contributed by atoms with Crippen LogP contribution in [0, 0.1) is 17.0 Å². The molecular weight excluding hydrogens is 416 g/mol. The Balaban J connectivity index is 1.86. The number of aryl methyl sites for hydroxylation is 1. The molecule has 0 aliphatic carbocycles. The summed E-state index contributed by atoms with van der Waals surface area (Å²) in [7, 11) is 0. The van der Waals surface area contributed by atoms with Crippen LogP contribution in [-0.4, -0.2) is 31.9 Å². The van der Waals surface area contributed by atoms with Gasteiger partial charge in [0.1, 0.15) is 5.01 Å². The van der Waals surface area contributed by atoms with Gasteiger partial charge in [0.05, 0.1) is 21.4 Å². The Morgan fingerprint density at radius 3 is 2.52 bits per heavy atom. The number of anilines is 1. The molecule has 3 heterocycles. The van der Waals surface area contributed by atoms with Crippen LogP contribution >= 0.6 is 22.7 Å². The summed E-state index contributed by atoms with van der Waals surface area (Å²) in [5.74, 6) is -1.93. The second-order valence-electron chi connectivity index (χ2n) is 6.10. The number of nitro groups is 1. The van der Waals surface area contributed by atoms with Gasteiger partial charge in [-0.3, -0.25) is 24.6 Å². The maximum Gasteiger partial charge on any atom is 0.296 e. The second-order valence-corrected chi connectivity index (χ2v) is 8.21. The predicted molar refractivity (Wildman–Crippen MR) is 106 cm³/mol. The maximum atomic E-state index is 13.1. The van der Waals surface area contributed by atoms with Gasteiger partial charge in [0, 0.05) is 12.1 Å². The van der Waals surface area contributed by atoms with Gasteiger partial charge in [-0.05, 0) is 36.1 Å². The highest BCUT2D eigenvalue weighted by atomic mass is 32.1. The van der Waals surface area contributed by atoms with E-state index < -0.39 is 28.4 Å². The van der Waals surface area contributed by atoms with Crippen LogP contribution in [0.3, 0.4) is 0 Å². The minimum Gasteiger partial charge on any atom is -0.503 e. The third kappa shape index (κ3) is 3.19. The fourth-order valence-electron chi connectivity index (χ4n) is 3.05. The lowest BCUT2D eigenvalue weighted by Gasteiger charge is -2.23. The molecule has 0 saturated carbocycles. The number of carbonyl (C=O) groups is 2. The summed E-state index contributed by atoms with van der Waals surface area (Å²) in [5, 5.41) is 32.0. The molecule has 0 radical (unpaired) electrons. The highest BCUT2D eigenvalue weighted by molar-refractivity contribution is 7.15. The van der Waals surface area contributed by atoms with Crippen molar-refractivity contribution in [3.05, 3.63) is 78.7 Å². The summed E-state index contributed by atoms with van der Waals surface area (Å²) in [6, 6.07) is 7.79. The molecule has 0 fully saturated rings. The molecule has 29 heavy (non-hydrogen) atoms. The van der Waals surface area contributed by atoms with Crippen molar-refractivity contribution in [1.29, 1.82) is 0 Å². The quantitative estimate of drug-likeness (QED) is 0.374. The van der Waals surface area contributed by atoms with Gasteiger partial charge in [-0.2, -0.15) is 0 Å². The molecule has 11 heteroatoms. The molecule has 0 unspecified atom stereocenters. The van der Waals surface area contributed by atoms with Gasteiger partial charge >= 0.3 is 0 Å². The number of Topliss-reactive ketones (excluding diaryl/α,β-unsaturated/α-hetero) is 1. The lowest BCUT2D eigenvalue weighted by Crippen LogP contribution is -2.31. The van der Waals surface area contributed by atoms with Crippen LogP contribution < -0.4 is 4.90 Å². The first kappa shape index (κ1) is 18.9. The lowest BCUT2D eigenvalue weighted by atomic mass is 9.95. The van der Waals surface area contributed by atoms with Crippen molar-refractivity contribution in [1.82, 2.24) is 10.2 Å². The molecule has 146 valence electrons. The van der Waals surface area contributed by atoms with Crippen molar-refractivity contribution in [2.24, 2.45) is 0 Å². The summed E-state index contributed by atoms with van der Waals surface area (Å²) in [5.41, 5.74) is 0.204. The molecule has 3 aromatic rings. The molecular formula is C18H12N4O5S2. The topological polar surface area (TPSA) is 127 Å². The minimum absolute atomic E-state index is 0.0980. The zero-order chi connectivity index (χ0) is 20.7. The van der Waals surface area contributed by atoms with Gasteiger partial charge in [0.15, 0.2) is 5.76 Å². The fourth-order valence-corrected chi connectivity index (χ4v) is 4.44. The Kier molecular flexibility index (Phi) is 4.68. The number of hydrogen-bond acceptors (Lipinski definition) is 9. The molecule has 0 saturated heterocycles. The number of rotatable bonds is 5. The second kappa shape index (κ2) is 7.18. The number of thiophene rings is 1. The van der Waals surface area contributed by atoms with Crippen molar-refractivity contribution >= 4 is 45.2 Å². The van der Waals surface area contributed by atoms with Gasteiger partial charge < -0.3 is 5.11 Å². The molecule has 1 aliphatic rings. The standard InChI is InChI=1S/C18H12N4O5S2/c1-9-19-20-18(29-9)21-14(10-4-6-11(7-5-10)22(26)27)13(16(24)17(21)25)15(23)12-3-2-8-28-12/h2-8,14,24H,1H3/t14-/m1/s1. The molecule has 1 N–H and O–H groups in total. The number of non-ortho nitro benzene ring substituents is 1. The Labute approximate surface area is 171 Å². The van der Waals surface area contributed by atoms with Crippen LogP contribution in [0.1, 0.15) is 26.3 Å². The molecule has 1 amide bonds. The monoisotopic (exact) mass is 428 g/mol. The lowest BCUT2D eigenvalue weighted by molar-refractivity contribution is -0.384. The van der Waals surface area contributed by atoms with Crippen LogP contribution in [0.4, 0.5) is 10.8 Å². The number of aliphatic hydroxyl groups excluding tert-OH is 1. The summed E-state index contributed by atoms with van der Waals surface area (Å²) in [4.78, 5) is 37.9. The largest absolute Gasteiger partial charge is 0.503 e. The van der Waals surface area contributed by atoms with Crippen molar-refractivity contribution in [3.8, 4) is 0 Å². The number of nitrogens with zero attached hydrogens (tertiary/aromatic N) is 4. The summed E-state index contributed by atoms with van der Waals surface area (Å²) in [6.45, 7) is 1.72. The highest BCUT2D eigenvalue weighted by Crippen LogP contribution is 2.43. The molecule has 0 bridgehead atoms. The van der Waals surface area contributed by atoms with Gasteiger partial charge in [-0.15, -0.1) is 21.5 Å². The average Bonchev–Trinajstić information content (AvgIpc) is 3.43. The Hall–Kier alpha value is -3.44. The first-order valence-electron chi connectivity index (χ1n) is 8.28. The first-order chi connectivity index (χ1) is 13.9. The van der Waals surface area contributed by atoms with Gasteiger partial charge in [-0.25, -0.2) is 0 Å². The van der Waals surface area contributed by atoms with Crippen LogP contribution in [0.5, 0.6) is 0 Å². The Morgan fingerprint density at radius 1 is 1.24 bits per heavy atom. The van der Waals surface area contributed by atoms with Crippen molar-refractivity contribution in [3.63, 3.8) is 0 Å². The number of nitro benzene ring substituents is 1. The zero-order valence-corrected chi connectivity index (χ0v) is 16.4. The number of carbonyl (C=O) groups excluding carboxylic acids is 2. The summed E-state index contributed by atoms with van der Waals surface area (Å²) in [6.07, 6.45) is 0. The van der Waals surface area contributed by atoms with E-state index in [1.165, 1.54) is 40.5 Å². The van der Waals surface area contributed by atoms with E-state index in [0.29, 0.717) is 15.4 Å². The third-order valence-corrected chi connectivity index (χ3v) is 6.05. The van der Waals surface area contributed by atoms with E-state index in [-0.39, 0.29) is 16.4 Å². The molecule has 1 atom stereocenters. The Morgan fingerprint density at radius 2 is 1.97 bits per heavy atom. The highest BCUT2D eigenvalue weighted by Gasteiger charge is 2.46. The van der Waals surface area contributed by atoms with Crippen molar-refractivity contribution < 1.29 is 19.6 Å². The third-order valence-electron chi connectivity index (χ3n) is 4.34. The van der Waals surface area contributed by atoms with Gasteiger partial charge in [0.2, 0.25) is 10.9 Å². The van der Waals surface area contributed by atoms with Crippen LogP contribution in [0.2, 0.25) is 0 Å². The smallest absolute Gasteiger partial charge is 0.296 e. The van der Waals surface area contributed by atoms with E-state index >= 15 is 0 Å². The summed E-state index contributed by atoms with van der Waals surface area (Å²) < 4.78 is 0. The Bertz CT molecular complexity index is 1150. The van der Waals surface area contributed by atoms with Crippen LogP contribution in [-0.2, 0) is 4.79 Å². The SMILES string of the molecule is Cc1nnc(N2C(=O)C(O)=C(C(=O)c3cccs3)[C@H]2c2ccc([N+](=O)[O-])cc2)s1. The van der Waals surface area contributed by atoms with E-state index in [2.05, 4.69) is 10.2 Å². The van der Waals surface area contributed by atoms with E-state index in [0.717, 1.165) is 11.3 Å². The first-order valence-corrected chi connectivity index (χ1v) is 9.97. The average molecular weight is 428 g/mol. The summed E-state index contributed by atoms with van der Waals surface area (Å²) >= 11 is 2.32. The molecule has 1 aliphatic heterocycles. The van der Waals surface area contributed by atoms with Crippen molar-refractivity contribution in [2.75, 3.05) is 4.90 Å². The van der Waals surface area contributed by atoms with E-state index in [1.807, 2.05) is 0 Å². The van der Waals surface area contributed by atoms with Gasteiger partial charge in [-0.1, -0.05) is 17.4 Å². The number of benzene rings is 1. The number of hydrogen-bond donors (Lipinski definition) is 1. The molecule has 1 aromatic carbocycles. The van der Waals surface area contributed by atoms with Gasteiger partial charge in [0.25, 0.3) is 11.6 Å². The van der Waals surface area contributed by atoms with Crippen LogP contribution in [0.15, 0.2) is 53.1 Å². The normalized spacial score (nSPS) is 16.5. The molecule has 2 aromatic heterocycles. The van der Waals surface area contributed by atoms with Crippen molar-refractivity contribution in [2.45, 2.75) is 13.0 Å². The minimum atomic E-state index is -0.981. The number of amides is 1. The molecule has 0 spiro atoms. The number of aromatic nitrogens is 2. The zero-order valence-electron chi connectivity index (χ0n) is 14.8. The van der Waals surface area contributed by atoms with E-state index in [9.17, 15) is 24.8 Å².